The number of ether oxygens (including phenoxy) is 1. The highest BCUT2D eigenvalue weighted by Crippen LogP contribution is 2.28. The summed E-state index contributed by atoms with van der Waals surface area (Å²) >= 11 is 0. The molecule has 4 aromatic rings. The highest BCUT2D eigenvalue weighted by Gasteiger charge is 2.23. The molecular formula is C31H33FN8O3. The maximum Gasteiger partial charge on any atom is 0.420 e. The average molecular weight is 585 g/mol. The molecule has 2 N–H and O–H groups in total. The zero-order chi connectivity index (χ0) is 30.0. The van der Waals surface area contributed by atoms with Crippen LogP contribution in [0.3, 0.4) is 0 Å². The maximum absolute atomic E-state index is 13.5. The van der Waals surface area contributed by atoms with Gasteiger partial charge in [-0.05, 0) is 61.8 Å². The van der Waals surface area contributed by atoms with Crippen molar-refractivity contribution in [3.63, 3.8) is 0 Å². The van der Waals surface area contributed by atoms with Crippen LogP contribution in [0.15, 0.2) is 85.3 Å². The van der Waals surface area contributed by atoms with Crippen molar-refractivity contribution in [1.29, 1.82) is 0 Å². The van der Waals surface area contributed by atoms with Crippen LogP contribution in [0.2, 0.25) is 0 Å². The number of rotatable bonds is 10. The molecule has 5 rings (SSSR count). The summed E-state index contributed by atoms with van der Waals surface area (Å²) in [5.74, 6) is -0.184. The lowest BCUT2D eigenvalue weighted by molar-refractivity contribution is -0.111. The van der Waals surface area contributed by atoms with Gasteiger partial charge in [0.1, 0.15) is 18.2 Å². The summed E-state index contributed by atoms with van der Waals surface area (Å²) in [6.07, 6.45) is 11.2. The van der Waals surface area contributed by atoms with E-state index in [0.717, 1.165) is 19.6 Å². The summed E-state index contributed by atoms with van der Waals surface area (Å²) in [5.41, 5.74) is 2.19. The van der Waals surface area contributed by atoms with Crippen LogP contribution in [0, 0.1) is 5.82 Å². The summed E-state index contributed by atoms with van der Waals surface area (Å²) in [6, 6.07) is 14.1. The van der Waals surface area contributed by atoms with Crippen LogP contribution in [0.1, 0.15) is 24.8 Å². The number of likely N-dealkylation sites (tertiary alicyclic amines) is 1. The standard InChI is InChI=1S/C31H33FN8O3/c1-38-21-26(20-34-38)36-30-33-15-14-28(37-30)40(31(42)43-22-23-10-12-24(32)13-11-23)27-8-5-7-25(19-27)35-29(41)9-6-18-39-16-3-2-4-17-39/h5-15,19-21H,2-4,16-18,22H2,1H3,(H,35,41)(H,33,36,37)/b9-6+. The van der Waals surface area contributed by atoms with Crippen molar-refractivity contribution in [1.82, 2.24) is 24.6 Å². The van der Waals surface area contributed by atoms with Crippen molar-refractivity contribution >= 4 is 40.8 Å². The lowest BCUT2D eigenvalue weighted by Crippen LogP contribution is -2.29. The molecule has 0 bridgehead atoms. The summed E-state index contributed by atoms with van der Waals surface area (Å²) in [7, 11) is 1.79. The second kappa shape index (κ2) is 14.2. The number of amides is 2. The van der Waals surface area contributed by atoms with E-state index in [-0.39, 0.29) is 30.1 Å². The number of hydrogen-bond donors (Lipinski definition) is 2. The van der Waals surface area contributed by atoms with Crippen LogP contribution in [-0.2, 0) is 23.2 Å². The van der Waals surface area contributed by atoms with Gasteiger partial charge in [-0.1, -0.05) is 30.7 Å². The summed E-state index contributed by atoms with van der Waals surface area (Å²) in [4.78, 5) is 38.6. The van der Waals surface area contributed by atoms with E-state index in [4.69, 9.17) is 4.74 Å². The van der Waals surface area contributed by atoms with Crippen molar-refractivity contribution < 1.29 is 18.7 Å². The van der Waals surface area contributed by atoms with Gasteiger partial charge in [0.15, 0.2) is 0 Å². The van der Waals surface area contributed by atoms with Crippen molar-refractivity contribution in [2.24, 2.45) is 7.05 Å². The van der Waals surface area contributed by atoms with Gasteiger partial charge in [-0.3, -0.25) is 14.4 Å². The molecule has 0 unspecified atom stereocenters. The van der Waals surface area contributed by atoms with Crippen LogP contribution >= 0.6 is 0 Å². The minimum atomic E-state index is -0.722. The SMILES string of the molecule is Cn1cc(Nc2nccc(N(C(=O)OCc3ccc(F)cc3)c3cccc(NC(=O)/C=C/CN4CCCCC4)c3)n2)cn1. The monoisotopic (exact) mass is 584 g/mol. The van der Waals surface area contributed by atoms with Gasteiger partial charge in [-0.15, -0.1) is 0 Å². The molecule has 0 atom stereocenters. The van der Waals surface area contributed by atoms with Gasteiger partial charge in [-0.2, -0.15) is 10.1 Å². The molecule has 43 heavy (non-hydrogen) atoms. The molecular weight excluding hydrogens is 551 g/mol. The predicted octanol–water partition coefficient (Wildman–Crippen LogP) is 5.55. The fourth-order valence-corrected chi connectivity index (χ4v) is 4.63. The first-order valence-corrected chi connectivity index (χ1v) is 14.0. The number of carbonyl (C=O) groups is 2. The molecule has 1 saturated heterocycles. The Morgan fingerprint density at radius 3 is 2.65 bits per heavy atom. The smallest absolute Gasteiger partial charge is 0.420 e. The number of piperidine rings is 1. The molecule has 0 saturated carbocycles. The molecule has 11 nitrogen and oxygen atoms in total. The zero-order valence-electron chi connectivity index (χ0n) is 23.8. The van der Waals surface area contributed by atoms with Crippen LogP contribution < -0.4 is 15.5 Å². The molecule has 0 spiro atoms. The van der Waals surface area contributed by atoms with E-state index in [0.29, 0.717) is 22.6 Å². The first-order chi connectivity index (χ1) is 20.9. The molecule has 1 aliphatic rings. The van der Waals surface area contributed by atoms with Gasteiger partial charge in [0, 0.05) is 43.8 Å². The minimum Gasteiger partial charge on any atom is -0.444 e. The van der Waals surface area contributed by atoms with Crippen LogP contribution in [0.5, 0.6) is 0 Å². The van der Waals surface area contributed by atoms with E-state index in [9.17, 15) is 14.0 Å². The van der Waals surface area contributed by atoms with E-state index in [1.807, 2.05) is 6.08 Å². The Morgan fingerprint density at radius 1 is 1.07 bits per heavy atom. The van der Waals surface area contributed by atoms with E-state index in [1.165, 1.54) is 48.6 Å². The third kappa shape index (κ3) is 8.46. The van der Waals surface area contributed by atoms with Gasteiger partial charge in [0.2, 0.25) is 11.9 Å². The zero-order valence-corrected chi connectivity index (χ0v) is 23.8. The fourth-order valence-electron chi connectivity index (χ4n) is 4.63. The molecule has 1 aliphatic heterocycles. The number of benzene rings is 2. The molecule has 0 radical (unpaired) electrons. The highest BCUT2D eigenvalue weighted by molar-refractivity contribution is 6.01. The van der Waals surface area contributed by atoms with Gasteiger partial charge in [0.05, 0.1) is 17.6 Å². The number of nitrogens with one attached hydrogen (secondary N) is 2. The van der Waals surface area contributed by atoms with E-state index in [1.54, 1.807) is 66.6 Å². The number of halogens is 1. The maximum atomic E-state index is 13.5. The number of nitrogens with zero attached hydrogens (tertiary/aromatic N) is 6. The quantitative estimate of drug-likeness (QED) is 0.233. The van der Waals surface area contributed by atoms with Crippen molar-refractivity contribution in [3.05, 3.63) is 96.7 Å². The van der Waals surface area contributed by atoms with Gasteiger partial charge < -0.3 is 15.4 Å². The third-order valence-corrected chi connectivity index (χ3v) is 6.74. The first kappa shape index (κ1) is 29.4. The lowest BCUT2D eigenvalue weighted by Gasteiger charge is -2.24. The van der Waals surface area contributed by atoms with Gasteiger partial charge >= 0.3 is 6.09 Å². The molecule has 1 fully saturated rings. The predicted molar refractivity (Wildman–Crippen MR) is 162 cm³/mol. The number of aromatic nitrogens is 4. The van der Waals surface area contributed by atoms with Crippen molar-refractivity contribution in [2.75, 3.05) is 35.2 Å². The Bertz CT molecular complexity index is 1570. The Labute approximate surface area is 249 Å². The van der Waals surface area contributed by atoms with Crippen LogP contribution in [-0.4, -0.2) is 56.3 Å². The lowest BCUT2D eigenvalue weighted by atomic mass is 10.1. The van der Waals surface area contributed by atoms with Crippen molar-refractivity contribution in [3.8, 4) is 0 Å². The summed E-state index contributed by atoms with van der Waals surface area (Å²) in [5, 5.41) is 10.1. The molecule has 2 amide bonds. The highest BCUT2D eigenvalue weighted by atomic mass is 19.1. The number of carbonyl (C=O) groups excluding carboxylic acids is 2. The largest absolute Gasteiger partial charge is 0.444 e. The molecule has 222 valence electrons. The molecule has 2 aromatic heterocycles. The molecule has 0 aliphatic carbocycles. The van der Waals surface area contributed by atoms with Gasteiger partial charge in [0.25, 0.3) is 0 Å². The molecule has 12 heteroatoms. The minimum absolute atomic E-state index is 0.0836. The second-order valence-corrected chi connectivity index (χ2v) is 10.1. The Kier molecular flexibility index (Phi) is 9.70. The number of hydrogen-bond acceptors (Lipinski definition) is 8. The molecule has 3 heterocycles. The van der Waals surface area contributed by atoms with E-state index >= 15 is 0 Å². The summed E-state index contributed by atoms with van der Waals surface area (Å²) < 4.78 is 20.6. The van der Waals surface area contributed by atoms with E-state index in [2.05, 4.69) is 30.6 Å². The normalized spacial score (nSPS) is 13.5. The molecule has 2 aromatic carbocycles. The van der Waals surface area contributed by atoms with Gasteiger partial charge in [-0.25, -0.2) is 19.1 Å². The summed E-state index contributed by atoms with van der Waals surface area (Å²) in [6.45, 7) is 2.73. The number of aryl methyl sites for hydroxylation is 1. The Hall–Kier alpha value is -5.10. The first-order valence-electron chi connectivity index (χ1n) is 14.0. The van der Waals surface area contributed by atoms with Crippen LogP contribution in [0.4, 0.5) is 38.0 Å². The van der Waals surface area contributed by atoms with Crippen molar-refractivity contribution in [2.45, 2.75) is 25.9 Å². The topological polar surface area (TPSA) is 118 Å². The third-order valence-electron chi connectivity index (χ3n) is 6.74. The van der Waals surface area contributed by atoms with Crippen LogP contribution in [0.25, 0.3) is 0 Å². The Morgan fingerprint density at radius 2 is 1.88 bits per heavy atom. The van der Waals surface area contributed by atoms with E-state index < -0.39 is 6.09 Å². The number of anilines is 5. The second-order valence-electron chi connectivity index (χ2n) is 10.1. The Balaban J connectivity index is 1.35. The average Bonchev–Trinajstić information content (AvgIpc) is 3.42. The fraction of sp³-hybridized carbons (Fsp3) is 0.258.